The van der Waals surface area contributed by atoms with Crippen molar-refractivity contribution in [2.24, 2.45) is 0 Å². The van der Waals surface area contributed by atoms with Gasteiger partial charge in [-0.15, -0.1) is 11.3 Å². The highest BCUT2D eigenvalue weighted by molar-refractivity contribution is 7.16. The molecule has 4 rings (SSSR count). The molecule has 0 saturated carbocycles. The molecule has 0 saturated heterocycles. The van der Waals surface area contributed by atoms with E-state index in [0.29, 0.717) is 23.5 Å². The molecule has 150 valence electrons. The molecule has 7 heteroatoms. The second-order valence-electron chi connectivity index (χ2n) is 7.10. The van der Waals surface area contributed by atoms with E-state index in [4.69, 9.17) is 5.73 Å². The third-order valence-corrected chi connectivity index (χ3v) is 6.14. The van der Waals surface area contributed by atoms with Gasteiger partial charge in [0.15, 0.2) is 5.78 Å². The van der Waals surface area contributed by atoms with Gasteiger partial charge in [0.1, 0.15) is 0 Å². The molecule has 0 radical (unpaired) electrons. The van der Waals surface area contributed by atoms with Crippen LogP contribution in [0.5, 0.6) is 0 Å². The fourth-order valence-electron chi connectivity index (χ4n) is 3.68. The van der Waals surface area contributed by atoms with Crippen LogP contribution in [0.3, 0.4) is 0 Å². The fraction of sp³-hybridized carbons (Fsp3) is 0.227. The molecule has 2 aromatic carbocycles. The molecule has 2 heterocycles. The summed E-state index contributed by atoms with van der Waals surface area (Å²) in [6, 6.07) is 14.6. The predicted octanol–water partition coefficient (Wildman–Crippen LogP) is 5.14. The number of halogens is 3. The molecule has 3 nitrogen and oxygen atoms in total. The number of fused-ring (bicyclic) bond motifs is 1. The number of nitrogen functional groups attached to an aromatic ring is 1. The number of ketones is 1. The molecule has 29 heavy (non-hydrogen) atoms. The van der Waals surface area contributed by atoms with Crippen molar-refractivity contribution in [1.82, 2.24) is 4.90 Å². The van der Waals surface area contributed by atoms with Crippen molar-refractivity contribution in [3.63, 3.8) is 0 Å². The molecule has 0 fully saturated rings. The van der Waals surface area contributed by atoms with Gasteiger partial charge in [-0.25, -0.2) is 0 Å². The first-order valence-corrected chi connectivity index (χ1v) is 10.0. The number of nitrogens with zero attached hydrogens (tertiary/aromatic N) is 1. The second-order valence-corrected chi connectivity index (χ2v) is 8.23. The van der Waals surface area contributed by atoms with Crippen molar-refractivity contribution in [3.8, 4) is 0 Å². The van der Waals surface area contributed by atoms with Gasteiger partial charge in [-0.1, -0.05) is 42.5 Å². The summed E-state index contributed by atoms with van der Waals surface area (Å²) in [5.74, 6) is -0.442. The monoisotopic (exact) mass is 416 g/mol. The highest BCUT2D eigenvalue weighted by Gasteiger charge is 2.32. The van der Waals surface area contributed by atoms with Gasteiger partial charge in [0.25, 0.3) is 0 Å². The first-order valence-electron chi connectivity index (χ1n) is 9.21. The van der Waals surface area contributed by atoms with E-state index in [1.54, 1.807) is 0 Å². The van der Waals surface area contributed by atoms with Gasteiger partial charge in [0, 0.05) is 30.1 Å². The summed E-state index contributed by atoms with van der Waals surface area (Å²) in [6.07, 6.45) is -3.84. The topological polar surface area (TPSA) is 46.3 Å². The van der Waals surface area contributed by atoms with Gasteiger partial charge in [0.05, 0.1) is 16.1 Å². The number of alkyl halides is 3. The first-order chi connectivity index (χ1) is 13.8. The van der Waals surface area contributed by atoms with Crippen LogP contribution in [0, 0.1) is 0 Å². The lowest BCUT2D eigenvalue weighted by atomic mass is 9.95. The minimum atomic E-state index is -4.49. The van der Waals surface area contributed by atoms with E-state index in [9.17, 15) is 18.0 Å². The molecule has 1 aliphatic rings. The van der Waals surface area contributed by atoms with Crippen LogP contribution in [0.25, 0.3) is 0 Å². The number of benzene rings is 2. The Morgan fingerprint density at radius 2 is 1.86 bits per heavy atom. The van der Waals surface area contributed by atoms with Crippen molar-refractivity contribution in [1.29, 1.82) is 0 Å². The van der Waals surface area contributed by atoms with Crippen molar-refractivity contribution >= 4 is 22.1 Å². The Morgan fingerprint density at radius 1 is 1.10 bits per heavy atom. The number of carbonyl (C=O) groups is 1. The Labute approximate surface area is 170 Å². The average molecular weight is 416 g/mol. The van der Waals surface area contributed by atoms with E-state index in [1.165, 1.54) is 29.0 Å². The Balaban J connectivity index is 1.59. The highest BCUT2D eigenvalue weighted by Crippen LogP contribution is 2.37. The normalized spacial score (nSPS) is 14.6. The van der Waals surface area contributed by atoms with E-state index in [-0.39, 0.29) is 5.56 Å². The van der Waals surface area contributed by atoms with Crippen LogP contribution in [0.1, 0.15) is 37.5 Å². The maximum absolute atomic E-state index is 13.0. The maximum atomic E-state index is 13.0. The summed E-state index contributed by atoms with van der Waals surface area (Å²) in [6.45, 7) is 2.24. The minimum absolute atomic E-state index is 0.0128. The van der Waals surface area contributed by atoms with E-state index < -0.39 is 17.5 Å². The van der Waals surface area contributed by atoms with Gasteiger partial charge >= 0.3 is 6.18 Å². The van der Waals surface area contributed by atoms with Crippen LogP contribution >= 0.6 is 11.3 Å². The Bertz CT molecular complexity index is 1040. The van der Waals surface area contributed by atoms with E-state index in [2.05, 4.69) is 17.0 Å². The van der Waals surface area contributed by atoms with Gasteiger partial charge in [0.2, 0.25) is 0 Å². The van der Waals surface area contributed by atoms with Crippen LogP contribution in [0.15, 0.2) is 54.6 Å². The quantitative estimate of drug-likeness (QED) is 0.599. The molecule has 0 aliphatic carbocycles. The maximum Gasteiger partial charge on any atom is 0.416 e. The summed E-state index contributed by atoms with van der Waals surface area (Å²) in [7, 11) is 0. The van der Waals surface area contributed by atoms with Crippen molar-refractivity contribution in [3.05, 3.63) is 87.3 Å². The highest BCUT2D eigenvalue weighted by atomic mass is 32.1. The lowest BCUT2D eigenvalue weighted by Crippen LogP contribution is -2.29. The molecule has 2 N–H and O–H groups in total. The van der Waals surface area contributed by atoms with Crippen LogP contribution in [-0.4, -0.2) is 17.2 Å². The molecular formula is C22H19F3N2OS. The average Bonchev–Trinajstić information content (AvgIpc) is 3.02. The van der Waals surface area contributed by atoms with Gasteiger partial charge in [-0.2, -0.15) is 13.2 Å². The first kappa shape index (κ1) is 19.7. The zero-order valence-electron chi connectivity index (χ0n) is 15.5. The number of rotatable bonds is 4. The zero-order valence-corrected chi connectivity index (χ0v) is 16.3. The molecule has 1 aromatic heterocycles. The molecular weight excluding hydrogens is 397 g/mol. The fourth-order valence-corrected chi connectivity index (χ4v) is 4.84. The van der Waals surface area contributed by atoms with Crippen LogP contribution < -0.4 is 5.73 Å². The third kappa shape index (κ3) is 4.06. The van der Waals surface area contributed by atoms with Crippen molar-refractivity contribution < 1.29 is 18.0 Å². The smallest absolute Gasteiger partial charge is 0.390 e. The van der Waals surface area contributed by atoms with E-state index in [1.807, 2.05) is 18.2 Å². The molecule has 0 amide bonds. The number of carbonyl (C=O) groups excluding carboxylic acids is 1. The van der Waals surface area contributed by atoms with Crippen LogP contribution in [0.4, 0.5) is 18.2 Å². The molecule has 0 spiro atoms. The summed E-state index contributed by atoms with van der Waals surface area (Å²) in [5.41, 5.74) is 7.77. The van der Waals surface area contributed by atoms with Gasteiger partial charge in [-0.05, 0) is 29.7 Å². The van der Waals surface area contributed by atoms with E-state index in [0.717, 1.165) is 35.7 Å². The number of nitrogens with two attached hydrogens (primary N) is 1. The Hall–Kier alpha value is -2.64. The Morgan fingerprint density at radius 3 is 2.59 bits per heavy atom. The van der Waals surface area contributed by atoms with Crippen molar-refractivity contribution in [2.45, 2.75) is 25.7 Å². The molecule has 0 bridgehead atoms. The molecule has 0 atom stereocenters. The SMILES string of the molecule is Nc1sc2c(c1C(=O)c1cccc(C(F)(F)F)c1)CCN(Cc1ccccc1)C2. The minimum Gasteiger partial charge on any atom is -0.390 e. The molecule has 0 unspecified atom stereocenters. The zero-order chi connectivity index (χ0) is 20.6. The number of hydrogen-bond donors (Lipinski definition) is 1. The van der Waals surface area contributed by atoms with E-state index >= 15 is 0 Å². The summed E-state index contributed by atoms with van der Waals surface area (Å²) < 4.78 is 39.0. The van der Waals surface area contributed by atoms with Gasteiger partial charge < -0.3 is 5.73 Å². The Kier molecular flexibility index (Phi) is 5.19. The lowest BCUT2D eigenvalue weighted by Gasteiger charge is -2.27. The third-order valence-electron chi connectivity index (χ3n) is 5.09. The van der Waals surface area contributed by atoms with Crippen molar-refractivity contribution in [2.75, 3.05) is 12.3 Å². The summed E-state index contributed by atoms with van der Waals surface area (Å²) in [5, 5.41) is 0.374. The molecule has 3 aromatic rings. The summed E-state index contributed by atoms with van der Waals surface area (Å²) >= 11 is 1.36. The molecule has 1 aliphatic heterocycles. The van der Waals surface area contributed by atoms with Crippen LogP contribution in [-0.2, 0) is 25.7 Å². The standard InChI is InChI=1S/C22H19F3N2OS/c23-22(24,25)16-8-4-7-15(11-16)20(28)19-17-9-10-27(13-18(17)29-21(19)26)12-14-5-2-1-3-6-14/h1-8,11H,9-10,12-13,26H2. The predicted molar refractivity (Wildman–Crippen MR) is 108 cm³/mol. The lowest BCUT2D eigenvalue weighted by molar-refractivity contribution is -0.137. The van der Waals surface area contributed by atoms with Gasteiger partial charge in [-0.3, -0.25) is 9.69 Å². The second kappa shape index (κ2) is 7.65. The summed E-state index contributed by atoms with van der Waals surface area (Å²) in [4.78, 5) is 16.3. The van der Waals surface area contributed by atoms with Crippen LogP contribution in [0.2, 0.25) is 0 Å². The number of thiophene rings is 1. The number of hydrogen-bond acceptors (Lipinski definition) is 4. The number of anilines is 1. The largest absolute Gasteiger partial charge is 0.416 e.